The molecule has 0 saturated carbocycles. The summed E-state index contributed by atoms with van der Waals surface area (Å²) in [6.07, 6.45) is -0.754. The fraction of sp³-hybridized carbons (Fsp3) is 0.500. The van der Waals surface area contributed by atoms with Crippen LogP contribution < -0.4 is 20.1 Å². The van der Waals surface area contributed by atoms with Crippen molar-refractivity contribution in [3.05, 3.63) is 17.7 Å². The fourth-order valence-corrected chi connectivity index (χ4v) is 2.06. The zero-order valence-corrected chi connectivity index (χ0v) is 16.6. The van der Waals surface area contributed by atoms with Gasteiger partial charge in [-0.2, -0.15) is 0 Å². The van der Waals surface area contributed by atoms with Gasteiger partial charge in [0.25, 0.3) is 0 Å². The Hall–Kier alpha value is -2.97. The predicted molar refractivity (Wildman–Crippen MR) is 98.6 cm³/mol. The van der Waals surface area contributed by atoms with Crippen molar-refractivity contribution in [3.63, 3.8) is 0 Å². The number of rotatable bonds is 6. The quantitative estimate of drug-likeness (QED) is 0.691. The number of carboxylic acids is 1. The number of aromatic carboxylic acids is 1. The molecule has 0 atom stereocenters. The number of ether oxygens (including phenoxy) is 3. The van der Waals surface area contributed by atoms with Crippen molar-refractivity contribution >= 4 is 23.7 Å². The second-order valence-corrected chi connectivity index (χ2v) is 7.26. The van der Waals surface area contributed by atoms with Gasteiger partial charge >= 0.3 is 12.1 Å². The molecule has 9 heteroatoms. The number of carbonyl (C=O) groups excluding carboxylic acids is 2. The van der Waals surface area contributed by atoms with Crippen LogP contribution in [0.1, 0.15) is 45.0 Å². The molecule has 150 valence electrons. The summed E-state index contributed by atoms with van der Waals surface area (Å²) in [6, 6.07) is 2.58. The Morgan fingerprint density at radius 2 is 1.52 bits per heavy atom. The largest absolute Gasteiger partial charge is 0.496 e. The summed E-state index contributed by atoms with van der Waals surface area (Å²) in [5, 5.41) is 14.3. The lowest BCUT2D eigenvalue weighted by Gasteiger charge is -2.28. The van der Waals surface area contributed by atoms with E-state index in [1.54, 1.807) is 20.8 Å². The Balaban J connectivity index is 3.08. The zero-order valence-electron chi connectivity index (χ0n) is 16.6. The van der Waals surface area contributed by atoms with Crippen molar-refractivity contribution in [2.75, 3.05) is 19.5 Å². The molecule has 0 aromatic heterocycles. The number of methoxy groups -OCH3 is 2. The molecule has 0 spiro atoms. The van der Waals surface area contributed by atoms with E-state index in [-0.39, 0.29) is 22.7 Å². The molecule has 9 nitrogen and oxygen atoms in total. The minimum Gasteiger partial charge on any atom is -0.496 e. The third-order valence-electron chi connectivity index (χ3n) is 3.38. The Morgan fingerprint density at radius 3 is 1.96 bits per heavy atom. The summed E-state index contributed by atoms with van der Waals surface area (Å²) in [5.74, 6) is -1.52. The van der Waals surface area contributed by atoms with Crippen molar-refractivity contribution in [1.82, 2.24) is 5.32 Å². The van der Waals surface area contributed by atoms with Gasteiger partial charge in [0.15, 0.2) is 0 Å². The summed E-state index contributed by atoms with van der Waals surface area (Å²) in [6.45, 7) is 8.08. The van der Waals surface area contributed by atoms with Crippen molar-refractivity contribution < 1.29 is 33.7 Å². The molecule has 0 aliphatic carbocycles. The molecule has 0 radical (unpaired) electrons. The standard InChI is InChI=1S/C18H26N2O7/c1-17(2,3)27-16(24)20-18(4,5)15(23)19-11-8-10(14(21)22)12(25-6)9-13(11)26-7/h8-9H,1-7H3,(H,19,23)(H,20,24)(H,21,22). The van der Waals surface area contributed by atoms with Crippen LogP contribution in [-0.4, -0.2) is 48.4 Å². The van der Waals surface area contributed by atoms with Crippen LogP contribution in [0, 0.1) is 0 Å². The van der Waals surface area contributed by atoms with Gasteiger partial charge in [0.2, 0.25) is 5.91 Å². The topological polar surface area (TPSA) is 123 Å². The predicted octanol–water partition coefficient (Wildman–Crippen LogP) is 2.64. The van der Waals surface area contributed by atoms with Crippen LogP contribution in [0.5, 0.6) is 11.5 Å². The lowest BCUT2D eigenvalue weighted by Crippen LogP contribution is -2.53. The molecule has 1 aromatic carbocycles. The van der Waals surface area contributed by atoms with E-state index in [1.165, 1.54) is 40.2 Å². The second-order valence-electron chi connectivity index (χ2n) is 7.26. The third kappa shape index (κ3) is 6.05. The molecule has 0 fully saturated rings. The van der Waals surface area contributed by atoms with Crippen LogP contribution >= 0.6 is 0 Å². The van der Waals surface area contributed by atoms with Gasteiger partial charge < -0.3 is 30.0 Å². The minimum absolute atomic E-state index is 0.0866. The van der Waals surface area contributed by atoms with Crippen molar-refractivity contribution in [1.29, 1.82) is 0 Å². The van der Waals surface area contributed by atoms with Crippen LogP contribution in [0.15, 0.2) is 12.1 Å². The van der Waals surface area contributed by atoms with Crippen molar-refractivity contribution in [3.8, 4) is 11.5 Å². The summed E-state index contributed by atoms with van der Waals surface area (Å²) in [7, 11) is 2.70. The van der Waals surface area contributed by atoms with E-state index in [1.807, 2.05) is 0 Å². The van der Waals surface area contributed by atoms with E-state index < -0.39 is 29.1 Å². The number of carbonyl (C=O) groups is 3. The molecule has 0 unspecified atom stereocenters. The van der Waals surface area contributed by atoms with Crippen molar-refractivity contribution in [2.24, 2.45) is 0 Å². The highest BCUT2D eigenvalue weighted by Crippen LogP contribution is 2.33. The average Bonchev–Trinajstić information content (AvgIpc) is 2.51. The Morgan fingerprint density at radius 1 is 0.963 bits per heavy atom. The van der Waals surface area contributed by atoms with Crippen LogP contribution in [0.25, 0.3) is 0 Å². The van der Waals surface area contributed by atoms with E-state index >= 15 is 0 Å². The number of benzene rings is 1. The molecular weight excluding hydrogens is 356 g/mol. The first-order valence-corrected chi connectivity index (χ1v) is 8.12. The Bertz CT molecular complexity index is 736. The number of amides is 2. The summed E-state index contributed by atoms with van der Waals surface area (Å²) >= 11 is 0. The number of hydrogen-bond donors (Lipinski definition) is 3. The van der Waals surface area contributed by atoms with E-state index in [4.69, 9.17) is 14.2 Å². The van der Waals surface area contributed by atoms with Gasteiger partial charge in [-0.1, -0.05) is 0 Å². The highest BCUT2D eigenvalue weighted by molar-refractivity contribution is 6.02. The Labute approximate surface area is 158 Å². The van der Waals surface area contributed by atoms with Gasteiger partial charge in [-0.05, 0) is 40.7 Å². The molecule has 1 aromatic rings. The molecule has 27 heavy (non-hydrogen) atoms. The van der Waals surface area contributed by atoms with Gasteiger partial charge in [0.1, 0.15) is 28.2 Å². The number of nitrogens with one attached hydrogen (secondary N) is 2. The molecule has 0 bridgehead atoms. The Kier molecular flexibility index (Phi) is 6.66. The molecule has 3 N–H and O–H groups in total. The maximum Gasteiger partial charge on any atom is 0.408 e. The normalized spacial score (nSPS) is 11.4. The second kappa shape index (κ2) is 8.15. The molecule has 0 heterocycles. The molecular formula is C18H26N2O7. The zero-order chi connectivity index (χ0) is 21.0. The van der Waals surface area contributed by atoms with Gasteiger partial charge in [0, 0.05) is 6.07 Å². The maximum absolute atomic E-state index is 12.6. The van der Waals surface area contributed by atoms with Gasteiger partial charge in [-0.3, -0.25) is 4.79 Å². The lowest BCUT2D eigenvalue weighted by molar-refractivity contribution is -0.121. The minimum atomic E-state index is -1.34. The van der Waals surface area contributed by atoms with Crippen LogP contribution in [0.4, 0.5) is 10.5 Å². The van der Waals surface area contributed by atoms with Crippen LogP contribution in [0.2, 0.25) is 0 Å². The fourth-order valence-electron chi connectivity index (χ4n) is 2.06. The molecule has 0 saturated heterocycles. The average molecular weight is 382 g/mol. The number of alkyl carbamates (subject to hydrolysis) is 1. The van der Waals surface area contributed by atoms with E-state index in [0.717, 1.165) is 0 Å². The first-order valence-electron chi connectivity index (χ1n) is 8.12. The number of anilines is 1. The summed E-state index contributed by atoms with van der Waals surface area (Å²) < 4.78 is 15.4. The molecule has 0 aliphatic heterocycles. The van der Waals surface area contributed by atoms with Gasteiger partial charge in [-0.15, -0.1) is 0 Å². The SMILES string of the molecule is COc1cc(OC)c(C(=O)O)cc1NC(=O)C(C)(C)NC(=O)OC(C)(C)C. The highest BCUT2D eigenvalue weighted by Gasteiger charge is 2.32. The summed E-state index contributed by atoms with van der Waals surface area (Å²) in [5.41, 5.74) is -2.07. The van der Waals surface area contributed by atoms with E-state index in [0.29, 0.717) is 0 Å². The number of hydrogen-bond acceptors (Lipinski definition) is 6. The molecule has 1 rings (SSSR count). The lowest BCUT2D eigenvalue weighted by atomic mass is 10.0. The van der Waals surface area contributed by atoms with E-state index in [2.05, 4.69) is 10.6 Å². The summed E-state index contributed by atoms with van der Waals surface area (Å²) in [4.78, 5) is 36.0. The monoisotopic (exact) mass is 382 g/mol. The third-order valence-corrected chi connectivity index (χ3v) is 3.38. The van der Waals surface area contributed by atoms with Gasteiger partial charge in [0.05, 0.1) is 19.9 Å². The first kappa shape index (κ1) is 22.1. The first-order chi connectivity index (χ1) is 12.3. The molecule has 2 amide bonds. The van der Waals surface area contributed by atoms with E-state index in [9.17, 15) is 19.5 Å². The smallest absolute Gasteiger partial charge is 0.408 e. The van der Waals surface area contributed by atoms with Crippen molar-refractivity contribution in [2.45, 2.75) is 45.8 Å². The van der Waals surface area contributed by atoms with Gasteiger partial charge in [-0.25, -0.2) is 9.59 Å². The highest BCUT2D eigenvalue weighted by atomic mass is 16.6. The maximum atomic E-state index is 12.6. The van der Waals surface area contributed by atoms with Crippen LogP contribution in [0.3, 0.4) is 0 Å². The number of carboxylic acid groups (broad SMARTS) is 1. The molecule has 0 aliphatic rings. The van der Waals surface area contributed by atoms with Crippen LogP contribution in [-0.2, 0) is 9.53 Å².